The SMILES string of the molecule is Cc1nc2c(n1CC1CCCC1)CCNC2. The molecule has 3 heteroatoms. The number of imidazole rings is 1. The molecule has 0 atom stereocenters. The van der Waals surface area contributed by atoms with Gasteiger partial charge >= 0.3 is 0 Å². The smallest absolute Gasteiger partial charge is 0.106 e. The second-order valence-electron chi connectivity index (χ2n) is 5.24. The molecule has 0 saturated heterocycles. The molecule has 0 unspecified atom stereocenters. The first-order chi connectivity index (χ1) is 7.84. The topological polar surface area (TPSA) is 29.9 Å². The van der Waals surface area contributed by atoms with Crippen molar-refractivity contribution in [1.82, 2.24) is 14.9 Å². The molecule has 0 amide bonds. The van der Waals surface area contributed by atoms with Crippen molar-refractivity contribution in [3.8, 4) is 0 Å². The molecule has 16 heavy (non-hydrogen) atoms. The number of nitrogens with zero attached hydrogens (tertiary/aromatic N) is 2. The van der Waals surface area contributed by atoms with Crippen LogP contribution < -0.4 is 5.32 Å². The van der Waals surface area contributed by atoms with Crippen molar-refractivity contribution in [2.75, 3.05) is 6.54 Å². The summed E-state index contributed by atoms with van der Waals surface area (Å²) >= 11 is 0. The van der Waals surface area contributed by atoms with E-state index in [4.69, 9.17) is 4.98 Å². The quantitative estimate of drug-likeness (QED) is 0.825. The van der Waals surface area contributed by atoms with Crippen LogP contribution in [-0.2, 0) is 19.5 Å². The summed E-state index contributed by atoms with van der Waals surface area (Å²) in [5.74, 6) is 2.13. The monoisotopic (exact) mass is 219 g/mol. The number of rotatable bonds is 2. The average Bonchev–Trinajstić information content (AvgIpc) is 2.89. The molecule has 88 valence electrons. The number of aromatic nitrogens is 2. The van der Waals surface area contributed by atoms with Crippen LogP contribution in [0.4, 0.5) is 0 Å². The van der Waals surface area contributed by atoms with Crippen LogP contribution in [0.1, 0.15) is 42.9 Å². The van der Waals surface area contributed by atoms with Gasteiger partial charge in [-0.3, -0.25) is 0 Å². The predicted octanol–water partition coefficient (Wildman–Crippen LogP) is 2.03. The maximum Gasteiger partial charge on any atom is 0.106 e. The molecule has 0 spiro atoms. The van der Waals surface area contributed by atoms with E-state index in [0.717, 1.165) is 25.4 Å². The van der Waals surface area contributed by atoms with Crippen LogP contribution in [0, 0.1) is 12.8 Å². The minimum atomic E-state index is 0.909. The van der Waals surface area contributed by atoms with Gasteiger partial charge in [0.25, 0.3) is 0 Å². The Labute approximate surface area is 97.3 Å². The van der Waals surface area contributed by atoms with Crippen LogP contribution in [-0.4, -0.2) is 16.1 Å². The molecule has 1 aromatic rings. The predicted molar refractivity (Wildman–Crippen MR) is 64.3 cm³/mol. The highest BCUT2D eigenvalue weighted by Crippen LogP contribution is 2.28. The fourth-order valence-corrected chi connectivity index (χ4v) is 3.20. The maximum atomic E-state index is 4.69. The molecule has 1 saturated carbocycles. The lowest BCUT2D eigenvalue weighted by Crippen LogP contribution is -2.25. The summed E-state index contributed by atoms with van der Waals surface area (Å²) in [7, 11) is 0. The zero-order chi connectivity index (χ0) is 11.0. The maximum absolute atomic E-state index is 4.69. The highest BCUT2D eigenvalue weighted by molar-refractivity contribution is 5.19. The summed E-state index contributed by atoms with van der Waals surface area (Å²) in [6.45, 7) is 5.46. The first kappa shape index (κ1) is 10.3. The van der Waals surface area contributed by atoms with E-state index in [9.17, 15) is 0 Å². The van der Waals surface area contributed by atoms with Gasteiger partial charge in [-0.1, -0.05) is 12.8 Å². The van der Waals surface area contributed by atoms with E-state index in [0.29, 0.717) is 0 Å². The first-order valence-electron chi connectivity index (χ1n) is 6.60. The van der Waals surface area contributed by atoms with Gasteiger partial charge in [0.1, 0.15) is 5.82 Å². The molecule has 1 fully saturated rings. The molecular weight excluding hydrogens is 198 g/mol. The lowest BCUT2D eigenvalue weighted by atomic mass is 10.1. The Balaban J connectivity index is 1.84. The van der Waals surface area contributed by atoms with E-state index in [2.05, 4.69) is 16.8 Å². The number of fused-ring (bicyclic) bond motifs is 1. The van der Waals surface area contributed by atoms with Crippen LogP contribution in [0.15, 0.2) is 0 Å². The van der Waals surface area contributed by atoms with E-state index in [1.807, 2.05) is 0 Å². The molecule has 1 aliphatic heterocycles. The van der Waals surface area contributed by atoms with Gasteiger partial charge in [0, 0.05) is 31.7 Å². The van der Waals surface area contributed by atoms with E-state index < -0.39 is 0 Å². The molecule has 1 aliphatic carbocycles. The van der Waals surface area contributed by atoms with Crippen molar-refractivity contribution in [3.05, 3.63) is 17.2 Å². The summed E-state index contributed by atoms with van der Waals surface area (Å²) in [6, 6.07) is 0. The Morgan fingerprint density at radius 1 is 1.38 bits per heavy atom. The van der Waals surface area contributed by atoms with E-state index in [1.165, 1.54) is 49.4 Å². The van der Waals surface area contributed by atoms with Crippen LogP contribution in [0.5, 0.6) is 0 Å². The Morgan fingerprint density at radius 2 is 2.19 bits per heavy atom. The van der Waals surface area contributed by atoms with Gasteiger partial charge in [0.15, 0.2) is 0 Å². The van der Waals surface area contributed by atoms with Crippen molar-refractivity contribution < 1.29 is 0 Å². The largest absolute Gasteiger partial charge is 0.332 e. The molecule has 1 N–H and O–H groups in total. The zero-order valence-corrected chi connectivity index (χ0v) is 10.1. The minimum absolute atomic E-state index is 0.909. The van der Waals surface area contributed by atoms with Crippen LogP contribution >= 0.6 is 0 Å². The van der Waals surface area contributed by atoms with Gasteiger partial charge in [-0.15, -0.1) is 0 Å². The van der Waals surface area contributed by atoms with E-state index in [-0.39, 0.29) is 0 Å². The number of nitrogens with one attached hydrogen (secondary N) is 1. The Bertz CT molecular complexity index is 375. The minimum Gasteiger partial charge on any atom is -0.332 e. The Hall–Kier alpha value is -0.830. The van der Waals surface area contributed by atoms with E-state index >= 15 is 0 Å². The number of hydrogen-bond donors (Lipinski definition) is 1. The lowest BCUT2D eigenvalue weighted by molar-refractivity contribution is 0.438. The average molecular weight is 219 g/mol. The summed E-state index contributed by atoms with van der Waals surface area (Å²) in [5, 5.41) is 3.40. The Kier molecular flexibility index (Phi) is 2.72. The highest BCUT2D eigenvalue weighted by atomic mass is 15.1. The first-order valence-corrected chi connectivity index (χ1v) is 6.60. The molecule has 0 radical (unpaired) electrons. The molecular formula is C13H21N3. The number of hydrogen-bond acceptors (Lipinski definition) is 2. The molecule has 0 aromatic carbocycles. The van der Waals surface area contributed by atoms with Crippen molar-refractivity contribution in [2.45, 2.75) is 52.1 Å². The van der Waals surface area contributed by atoms with Gasteiger partial charge in [-0.25, -0.2) is 4.98 Å². The van der Waals surface area contributed by atoms with Crippen LogP contribution in [0.3, 0.4) is 0 Å². The third-order valence-corrected chi connectivity index (χ3v) is 4.09. The van der Waals surface area contributed by atoms with Crippen LogP contribution in [0.2, 0.25) is 0 Å². The third-order valence-electron chi connectivity index (χ3n) is 4.09. The zero-order valence-electron chi connectivity index (χ0n) is 10.1. The highest BCUT2D eigenvalue weighted by Gasteiger charge is 2.21. The van der Waals surface area contributed by atoms with Crippen molar-refractivity contribution in [3.63, 3.8) is 0 Å². The van der Waals surface area contributed by atoms with Gasteiger partial charge in [-0.05, 0) is 25.7 Å². The summed E-state index contributed by atoms with van der Waals surface area (Å²) in [5.41, 5.74) is 2.80. The number of aryl methyl sites for hydroxylation is 1. The van der Waals surface area contributed by atoms with Gasteiger partial charge < -0.3 is 9.88 Å². The second-order valence-corrected chi connectivity index (χ2v) is 5.24. The van der Waals surface area contributed by atoms with E-state index in [1.54, 1.807) is 0 Å². The van der Waals surface area contributed by atoms with Gasteiger partial charge in [0.2, 0.25) is 0 Å². The third kappa shape index (κ3) is 1.77. The van der Waals surface area contributed by atoms with Gasteiger partial charge in [0.05, 0.1) is 5.69 Å². The standard InChI is InChI=1S/C13H21N3/c1-10-15-12-8-14-7-6-13(12)16(10)9-11-4-2-3-5-11/h11,14H,2-9H2,1H3. The second kappa shape index (κ2) is 4.21. The summed E-state index contributed by atoms with van der Waals surface area (Å²) in [4.78, 5) is 4.69. The Morgan fingerprint density at radius 3 is 3.00 bits per heavy atom. The summed E-state index contributed by atoms with van der Waals surface area (Å²) in [6.07, 6.45) is 6.86. The van der Waals surface area contributed by atoms with Gasteiger partial charge in [-0.2, -0.15) is 0 Å². The molecule has 2 heterocycles. The van der Waals surface area contributed by atoms with Crippen molar-refractivity contribution in [1.29, 1.82) is 0 Å². The lowest BCUT2D eigenvalue weighted by Gasteiger charge is -2.18. The summed E-state index contributed by atoms with van der Waals surface area (Å²) < 4.78 is 2.49. The van der Waals surface area contributed by atoms with Crippen molar-refractivity contribution >= 4 is 0 Å². The molecule has 2 aliphatic rings. The fourth-order valence-electron chi connectivity index (χ4n) is 3.20. The molecule has 1 aromatic heterocycles. The van der Waals surface area contributed by atoms with Crippen LogP contribution in [0.25, 0.3) is 0 Å². The molecule has 3 nitrogen and oxygen atoms in total. The molecule has 3 rings (SSSR count). The van der Waals surface area contributed by atoms with Crippen molar-refractivity contribution in [2.24, 2.45) is 5.92 Å². The normalized spacial score (nSPS) is 21.3. The fraction of sp³-hybridized carbons (Fsp3) is 0.769. The molecule has 0 bridgehead atoms.